The van der Waals surface area contributed by atoms with E-state index >= 15 is 0 Å². The van der Waals surface area contributed by atoms with E-state index in [9.17, 15) is 13.2 Å². The SMILES string of the molecule is C[C@]1(C(=O)N2CCC3(CCCCC3)C2)CN(S(C)(=O)=O)CCO1. The average Bonchev–Trinajstić information content (AvgIpc) is 2.90. The summed E-state index contributed by atoms with van der Waals surface area (Å²) in [6, 6.07) is 0. The van der Waals surface area contributed by atoms with Gasteiger partial charge in [0, 0.05) is 19.6 Å². The average molecular weight is 344 g/mol. The Morgan fingerprint density at radius 2 is 1.74 bits per heavy atom. The zero-order valence-corrected chi connectivity index (χ0v) is 15.0. The van der Waals surface area contributed by atoms with Crippen LogP contribution in [0.4, 0.5) is 0 Å². The first kappa shape index (κ1) is 17.2. The van der Waals surface area contributed by atoms with Gasteiger partial charge in [0.2, 0.25) is 10.0 Å². The van der Waals surface area contributed by atoms with Gasteiger partial charge in [0.1, 0.15) is 0 Å². The van der Waals surface area contributed by atoms with Gasteiger partial charge in [-0.25, -0.2) is 8.42 Å². The minimum absolute atomic E-state index is 0.0479. The normalized spacial score (nSPS) is 32.3. The third kappa shape index (κ3) is 3.42. The maximum atomic E-state index is 13.0. The Labute approximate surface area is 139 Å². The van der Waals surface area contributed by atoms with E-state index in [1.54, 1.807) is 6.92 Å². The van der Waals surface area contributed by atoms with E-state index < -0.39 is 15.6 Å². The molecule has 0 bridgehead atoms. The minimum atomic E-state index is -3.30. The van der Waals surface area contributed by atoms with Crippen LogP contribution in [-0.2, 0) is 19.6 Å². The summed E-state index contributed by atoms with van der Waals surface area (Å²) >= 11 is 0. The standard InChI is InChI=1S/C16H28N2O4S/c1-15(12-18(10-11-22-15)23(2,20)21)14(19)17-9-8-16(13-17)6-4-3-5-7-16/h3-13H2,1-2H3/t15-/m1/s1. The van der Waals surface area contributed by atoms with Crippen LogP contribution in [0.5, 0.6) is 0 Å². The van der Waals surface area contributed by atoms with Crippen LogP contribution in [0, 0.1) is 5.41 Å². The zero-order chi connectivity index (χ0) is 16.7. The van der Waals surface area contributed by atoms with Gasteiger partial charge in [-0.05, 0) is 31.6 Å². The molecule has 23 heavy (non-hydrogen) atoms. The quantitative estimate of drug-likeness (QED) is 0.755. The van der Waals surface area contributed by atoms with Gasteiger partial charge in [0.05, 0.1) is 19.4 Å². The van der Waals surface area contributed by atoms with Crippen LogP contribution in [0.25, 0.3) is 0 Å². The number of morpholine rings is 1. The van der Waals surface area contributed by atoms with Crippen LogP contribution in [-0.4, -0.2) is 68.2 Å². The number of sulfonamides is 1. The molecule has 0 aromatic rings. The summed E-state index contributed by atoms with van der Waals surface area (Å²) in [6.07, 6.45) is 8.52. The topological polar surface area (TPSA) is 66.9 Å². The predicted molar refractivity (Wildman–Crippen MR) is 87.5 cm³/mol. The maximum absolute atomic E-state index is 13.0. The number of carbonyl (C=O) groups is 1. The number of ether oxygens (including phenoxy) is 1. The summed E-state index contributed by atoms with van der Waals surface area (Å²) in [4.78, 5) is 14.9. The molecule has 2 aliphatic heterocycles. The highest BCUT2D eigenvalue weighted by Crippen LogP contribution is 2.44. The highest BCUT2D eigenvalue weighted by Gasteiger charge is 2.48. The number of likely N-dealkylation sites (tertiary alicyclic amines) is 1. The van der Waals surface area contributed by atoms with E-state index in [0.717, 1.165) is 19.5 Å². The Hall–Kier alpha value is -0.660. The second-order valence-electron chi connectivity index (χ2n) is 7.71. The lowest BCUT2D eigenvalue weighted by Crippen LogP contribution is -2.59. The van der Waals surface area contributed by atoms with Crippen molar-refractivity contribution in [1.29, 1.82) is 0 Å². The first-order valence-electron chi connectivity index (χ1n) is 8.63. The number of hydrogen-bond acceptors (Lipinski definition) is 4. The second kappa shape index (κ2) is 6.01. The van der Waals surface area contributed by atoms with Crippen LogP contribution < -0.4 is 0 Å². The smallest absolute Gasteiger partial charge is 0.255 e. The Kier molecular flexibility index (Phi) is 4.48. The lowest BCUT2D eigenvalue weighted by Gasteiger charge is -2.40. The van der Waals surface area contributed by atoms with Crippen molar-refractivity contribution in [1.82, 2.24) is 9.21 Å². The number of amides is 1. The van der Waals surface area contributed by atoms with Gasteiger partial charge >= 0.3 is 0 Å². The first-order valence-corrected chi connectivity index (χ1v) is 10.5. The van der Waals surface area contributed by atoms with E-state index in [1.165, 1.54) is 42.7 Å². The molecule has 1 atom stereocenters. The summed E-state index contributed by atoms with van der Waals surface area (Å²) in [5.41, 5.74) is -0.753. The molecule has 7 heteroatoms. The molecule has 3 aliphatic rings. The fraction of sp³-hybridized carbons (Fsp3) is 0.938. The molecule has 132 valence electrons. The largest absolute Gasteiger partial charge is 0.363 e. The molecule has 2 saturated heterocycles. The van der Waals surface area contributed by atoms with Gasteiger partial charge in [-0.1, -0.05) is 19.3 Å². The van der Waals surface area contributed by atoms with Crippen molar-refractivity contribution in [2.75, 3.05) is 39.0 Å². The highest BCUT2D eigenvalue weighted by molar-refractivity contribution is 7.88. The summed E-state index contributed by atoms with van der Waals surface area (Å²) in [5, 5.41) is 0. The highest BCUT2D eigenvalue weighted by atomic mass is 32.2. The van der Waals surface area contributed by atoms with Crippen LogP contribution in [0.3, 0.4) is 0 Å². The Bertz CT molecular complexity index is 571. The van der Waals surface area contributed by atoms with Gasteiger partial charge in [0.15, 0.2) is 5.60 Å². The van der Waals surface area contributed by atoms with Crippen LogP contribution in [0.15, 0.2) is 0 Å². The van der Waals surface area contributed by atoms with Crippen molar-refractivity contribution in [3.8, 4) is 0 Å². The van der Waals surface area contributed by atoms with E-state index in [2.05, 4.69) is 0 Å². The van der Waals surface area contributed by atoms with Crippen molar-refractivity contribution in [2.45, 2.75) is 51.0 Å². The monoisotopic (exact) mass is 344 g/mol. The van der Waals surface area contributed by atoms with Crippen LogP contribution in [0.2, 0.25) is 0 Å². The molecule has 0 N–H and O–H groups in total. The molecular formula is C16H28N2O4S. The fourth-order valence-electron chi connectivity index (χ4n) is 4.40. The second-order valence-corrected chi connectivity index (χ2v) is 9.70. The van der Waals surface area contributed by atoms with Crippen LogP contribution >= 0.6 is 0 Å². The van der Waals surface area contributed by atoms with Crippen LogP contribution in [0.1, 0.15) is 45.4 Å². The molecule has 2 heterocycles. The van der Waals surface area contributed by atoms with Gasteiger partial charge < -0.3 is 9.64 Å². The third-order valence-corrected chi connectivity index (χ3v) is 7.05. The van der Waals surface area contributed by atoms with Gasteiger partial charge in [-0.15, -0.1) is 0 Å². The third-order valence-electron chi connectivity index (χ3n) is 5.80. The number of carbonyl (C=O) groups excluding carboxylic acids is 1. The first-order chi connectivity index (χ1) is 10.7. The van der Waals surface area contributed by atoms with Crippen molar-refractivity contribution < 1.29 is 17.9 Å². The molecule has 0 aromatic carbocycles. The summed E-state index contributed by atoms with van der Waals surface area (Å²) < 4.78 is 30.7. The lowest BCUT2D eigenvalue weighted by molar-refractivity contribution is -0.162. The molecule has 0 aromatic heterocycles. The predicted octanol–water partition coefficient (Wildman–Crippen LogP) is 1.22. The van der Waals surface area contributed by atoms with E-state index in [1.807, 2.05) is 4.90 Å². The Balaban J connectivity index is 1.70. The molecule has 3 fully saturated rings. The molecule has 0 radical (unpaired) electrons. The maximum Gasteiger partial charge on any atom is 0.255 e. The number of hydrogen-bond donors (Lipinski definition) is 0. The summed E-state index contributed by atoms with van der Waals surface area (Å²) in [6.45, 7) is 4.03. The molecule has 1 aliphatic carbocycles. The van der Waals surface area contributed by atoms with Crippen molar-refractivity contribution in [2.24, 2.45) is 5.41 Å². The lowest BCUT2D eigenvalue weighted by atomic mass is 9.73. The van der Waals surface area contributed by atoms with E-state index in [0.29, 0.717) is 12.0 Å². The van der Waals surface area contributed by atoms with Crippen molar-refractivity contribution in [3.05, 3.63) is 0 Å². The fourth-order valence-corrected chi connectivity index (χ4v) is 5.29. The molecule has 0 unspecified atom stereocenters. The van der Waals surface area contributed by atoms with Gasteiger partial charge in [0.25, 0.3) is 5.91 Å². The Morgan fingerprint density at radius 3 is 2.39 bits per heavy atom. The molecule has 3 rings (SSSR count). The summed E-state index contributed by atoms with van der Waals surface area (Å²) in [5.74, 6) is -0.0479. The van der Waals surface area contributed by atoms with Gasteiger partial charge in [-0.2, -0.15) is 4.31 Å². The summed E-state index contributed by atoms with van der Waals surface area (Å²) in [7, 11) is -3.30. The molecule has 6 nitrogen and oxygen atoms in total. The Morgan fingerprint density at radius 1 is 1.04 bits per heavy atom. The molecular weight excluding hydrogens is 316 g/mol. The van der Waals surface area contributed by atoms with Crippen molar-refractivity contribution >= 4 is 15.9 Å². The van der Waals surface area contributed by atoms with E-state index in [-0.39, 0.29) is 19.1 Å². The zero-order valence-electron chi connectivity index (χ0n) is 14.2. The number of nitrogens with zero attached hydrogens (tertiary/aromatic N) is 2. The van der Waals surface area contributed by atoms with Crippen molar-refractivity contribution in [3.63, 3.8) is 0 Å². The minimum Gasteiger partial charge on any atom is -0.363 e. The van der Waals surface area contributed by atoms with Gasteiger partial charge in [-0.3, -0.25) is 4.79 Å². The molecule has 1 amide bonds. The molecule has 1 spiro atoms. The molecule has 1 saturated carbocycles. The number of rotatable bonds is 2. The van der Waals surface area contributed by atoms with E-state index in [4.69, 9.17) is 4.74 Å².